The van der Waals surface area contributed by atoms with Gasteiger partial charge in [-0.3, -0.25) is 14.6 Å². The quantitative estimate of drug-likeness (QED) is 0.452. The first-order valence-corrected chi connectivity index (χ1v) is 11.6. The summed E-state index contributed by atoms with van der Waals surface area (Å²) >= 11 is 0. The van der Waals surface area contributed by atoms with Crippen molar-refractivity contribution < 1.29 is 14.0 Å². The van der Waals surface area contributed by atoms with Crippen molar-refractivity contribution in [2.24, 2.45) is 0 Å². The minimum absolute atomic E-state index is 0.125. The van der Waals surface area contributed by atoms with Gasteiger partial charge in [0.2, 0.25) is 5.91 Å². The van der Waals surface area contributed by atoms with Crippen LogP contribution in [0.15, 0.2) is 79.3 Å². The summed E-state index contributed by atoms with van der Waals surface area (Å²) in [4.78, 5) is 37.9. The van der Waals surface area contributed by atoms with E-state index in [1.807, 2.05) is 47.5 Å². The second-order valence-corrected chi connectivity index (χ2v) is 8.61. The maximum atomic E-state index is 13.6. The number of nitrogens with one attached hydrogen (secondary N) is 2. The molecule has 2 amide bonds. The summed E-state index contributed by atoms with van der Waals surface area (Å²) in [5.74, 6) is -0.946. The highest BCUT2D eigenvalue weighted by atomic mass is 19.1. The second-order valence-electron chi connectivity index (χ2n) is 8.61. The Labute approximate surface area is 202 Å². The monoisotopic (exact) mass is 471 g/mol. The maximum Gasteiger partial charge on any atom is 0.251 e. The molecule has 0 aliphatic carbocycles. The number of carbonyl (C=O) groups excluding carboxylic acids is 2. The van der Waals surface area contributed by atoms with Crippen LogP contribution in [0.3, 0.4) is 0 Å². The zero-order valence-electron chi connectivity index (χ0n) is 19.2. The van der Waals surface area contributed by atoms with Gasteiger partial charge in [-0.05, 0) is 48.0 Å². The normalized spacial score (nSPS) is 14.7. The summed E-state index contributed by atoms with van der Waals surface area (Å²) < 4.78 is 13.3. The number of aromatic nitrogens is 2. The molecular formula is C27H26FN5O2. The molecule has 0 radical (unpaired) electrons. The first-order chi connectivity index (χ1) is 17.1. The number of H-pyrrole nitrogens is 1. The Morgan fingerprint density at radius 3 is 2.43 bits per heavy atom. The smallest absolute Gasteiger partial charge is 0.251 e. The topological polar surface area (TPSA) is 81.3 Å². The average Bonchev–Trinajstić information content (AvgIpc) is 3.31. The summed E-state index contributed by atoms with van der Waals surface area (Å²) in [5, 5.41) is 3.92. The number of carbonyl (C=O) groups is 2. The molecule has 1 atom stereocenters. The number of amides is 2. The zero-order chi connectivity index (χ0) is 24.2. The van der Waals surface area contributed by atoms with Crippen molar-refractivity contribution >= 4 is 28.4 Å². The van der Waals surface area contributed by atoms with Gasteiger partial charge in [-0.25, -0.2) is 4.39 Å². The van der Waals surface area contributed by atoms with E-state index in [2.05, 4.69) is 20.2 Å². The Balaban J connectivity index is 1.34. The lowest BCUT2D eigenvalue weighted by atomic mass is 10.0. The van der Waals surface area contributed by atoms with Crippen LogP contribution in [0.25, 0.3) is 10.9 Å². The fourth-order valence-corrected chi connectivity index (χ4v) is 4.52. The van der Waals surface area contributed by atoms with E-state index in [1.165, 1.54) is 24.3 Å². The molecule has 4 aromatic rings. The molecule has 1 aliphatic rings. The minimum atomic E-state index is -0.751. The van der Waals surface area contributed by atoms with E-state index in [0.717, 1.165) is 22.2 Å². The number of hydrogen-bond acceptors (Lipinski definition) is 4. The van der Waals surface area contributed by atoms with Crippen LogP contribution in [-0.4, -0.2) is 58.9 Å². The summed E-state index contributed by atoms with van der Waals surface area (Å²) in [6.45, 7) is 2.50. The van der Waals surface area contributed by atoms with Gasteiger partial charge in [0.15, 0.2) is 0 Å². The summed E-state index contributed by atoms with van der Waals surface area (Å²) in [5.41, 5.74) is 3.32. The predicted octanol–water partition coefficient (Wildman–Crippen LogP) is 3.39. The molecule has 0 bridgehead atoms. The number of hydrogen-bond donors (Lipinski definition) is 2. The Kier molecular flexibility index (Phi) is 6.43. The lowest BCUT2D eigenvalue weighted by molar-refractivity contribution is -0.133. The van der Waals surface area contributed by atoms with Crippen LogP contribution >= 0.6 is 0 Å². The molecule has 1 aliphatic heterocycles. The third kappa shape index (κ3) is 5.01. The van der Waals surface area contributed by atoms with Gasteiger partial charge in [-0.2, -0.15) is 0 Å². The number of nitrogens with zero attached hydrogens (tertiary/aromatic N) is 3. The van der Waals surface area contributed by atoms with E-state index in [1.54, 1.807) is 12.4 Å². The van der Waals surface area contributed by atoms with E-state index in [-0.39, 0.29) is 5.91 Å². The van der Waals surface area contributed by atoms with Crippen LogP contribution in [0.1, 0.15) is 15.9 Å². The summed E-state index contributed by atoms with van der Waals surface area (Å²) in [6.07, 6.45) is 5.75. The lowest BCUT2D eigenvalue weighted by Gasteiger charge is -2.37. The Hall–Kier alpha value is -4.20. The number of aromatic amines is 1. The summed E-state index contributed by atoms with van der Waals surface area (Å²) in [6, 6.07) is 16.4. The molecule has 35 heavy (non-hydrogen) atoms. The van der Waals surface area contributed by atoms with Gasteiger partial charge >= 0.3 is 0 Å². The van der Waals surface area contributed by atoms with Crippen LogP contribution in [0.4, 0.5) is 10.1 Å². The van der Waals surface area contributed by atoms with Crippen molar-refractivity contribution in [3.63, 3.8) is 0 Å². The average molecular weight is 472 g/mol. The lowest BCUT2D eigenvalue weighted by Crippen LogP contribution is -2.55. The predicted molar refractivity (Wildman–Crippen MR) is 133 cm³/mol. The first-order valence-electron chi connectivity index (χ1n) is 11.6. The van der Waals surface area contributed by atoms with Crippen molar-refractivity contribution in [1.82, 2.24) is 20.2 Å². The largest absolute Gasteiger partial charge is 0.368 e. The van der Waals surface area contributed by atoms with Crippen LogP contribution in [0.5, 0.6) is 0 Å². The third-order valence-electron chi connectivity index (χ3n) is 6.43. The van der Waals surface area contributed by atoms with Gasteiger partial charge in [0, 0.05) is 73.3 Å². The standard InChI is InChI=1S/C27H26FN5O2/c28-21-7-5-19(6-8-21)26(34)31-25(17-20-18-30-24-4-2-1-3-23(20)24)27(35)33-15-13-32(14-16-33)22-9-11-29-12-10-22/h1-12,18,25,30H,13-17H2,(H,31,34)/t25-/m1/s1. The fourth-order valence-electron chi connectivity index (χ4n) is 4.52. The number of para-hydroxylation sites is 1. The van der Waals surface area contributed by atoms with Gasteiger partial charge in [-0.15, -0.1) is 0 Å². The number of benzene rings is 2. The van der Waals surface area contributed by atoms with E-state index in [9.17, 15) is 14.0 Å². The van der Waals surface area contributed by atoms with Crippen molar-refractivity contribution in [2.75, 3.05) is 31.1 Å². The molecule has 7 nitrogen and oxygen atoms in total. The highest BCUT2D eigenvalue weighted by Crippen LogP contribution is 2.21. The number of fused-ring (bicyclic) bond motifs is 1. The Bertz CT molecular complexity index is 1310. The van der Waals surface area contributed by atoms with E-state index < -0.39 is 17.8 Å². The van der Waals surface area contributed by atoms with Gasteiger partial charge in [-0.1, -0.05) is 18.2 Å². The summed E-state index contributed by atoms with van der Waals surface area (Å²) in [7, 11) is 0. The molecule has 2 aromatic carbocycles. The zero-order valence-corrected chi connectivity index (χ0v) is 19.2. The van der Waals surface area contributed by atoms with Crippen LogP contribution in [0.2, 0.25) is 0 Å². The fraction of sp³-hybridized carbons (Fsp3) is 0.222. The maximum absolute atomic E-state index is 13.6. The molecule has 2 aromatic heterocycles. The highest BCUT2D eigenvalue weighted by molar-refractivity contribution is 5.98. The molecule has 0 saturated carbocycles. The highest BCUT2D eigenvalue weighted by Gasteiger charge is 2.30. The number of pyridine rings is 1. The SMILES string of the molecule is O=C(N[C@H](Cc1c[nH]c2ccccc12)C(=O)N1CCN(c2ccncc2)CC1)c1ccc(F)cc1. The number of halogens is 1. The molecule has 8 heteroatoms. The van der Waals surface area contributed by atoms with E-state index in [4.69, 9.17) is 0 Å². The van der Waals surface area contributed by atoms with Crippen LogP contribution in [-0.2, 0) is 11.2 Å². The van der Waals surface area contributed by atoms with Crippen LogP contribution < -0.4 is 10.2 Å². The molecule has 178 valence electrons. The molecule has 0 spiro atoms. The second kappa shape index (κ2) is 9.97. The molecule has 1 fully saturated rings. The molecular weight excluding hydrogens is 445 g/mol. The third-order valence-corrected chi connectivity index (χ3v) is 6.43. The molecule has 1 saturated heterocycles. The van der Waals surface area contributed by atoms with Gasteiger partial charge < -0.3 is 20.1 Å². The molecule has 3 heterocycles. The van der Waals surface area contributed by atoms with Gasteiger partial charge in [0.1, 0.15) is 11.9 Å². The number of piperazine rings is 1. The van der Waals surface area contributed by atoms with Crippen molar-refractivity contribution in [3.8, 4) is 0 Å². The van der Waals surface area contributed by atoms with E-state index in [0.29, 0.717) is 38.2 Å². The van der Waals surface area contributed by atoms with Crippen molar-refractivity contribution in [1.29, 1.82) is 0 Å². The number of anilines is 1. The molecule has 0 unspecified atom stereocenters. The number of rotatable bonds is 6. The first kappa shape index (κ1) is 22.6. The van der Waals surface area contributed by atoms with Crippen LogP contribution in [0, 0.1) is 5.82 Å². The molecule has 5 rings (SSSR count). The van der Waals surface area contributed by atoms with Gasteiger partial charge in [0.25, 0.3) is 5.91 Å². The molecule has 2 N–H and O–H groups in total. The van der Waals surface area contributed by atoms with Crippen molar-refractivity contribution in [3.05, 3.63) is 96.2 Å². The minimum Gasteiger partial charge on any atom is -0.368 e. The van der Waals surface area contributed by atoms with E-state index >= 15 is 0 Å². The van der Waals surface area contributed by atoms with Gasteiger partial charge in [0.05, 0.1) is 0 Å². The van der Waals surface area contributed by atoms with Crippen molar-refractivity contribution in [2.45, 2.75) is 12.5 Å². The Morgan fingerprint density at radius 1 is 0.971 bits per heavy atom. The Morgan fingerprint density at radius 2 is 1.69 bits per heavy atom.